The number of carbonyl (C=O) groups is 1. The quantitative estimate of drug-likeness (QED) is 0.857. The maximum absolute atomic E-state index is 12.2. The lowest BCUT2D eigenvalue weighted by Crippen LogP contribution is -2.27. The summed E-state index contributed by atoms with van der Waals surface area (Å²) in [6, 6.07) is 0. The van der Waals surface area contributed by atoms with E-state index in [1.54, 1.807) is 12.4 Å². The van der Waals surface area contributed by atoms with E-state index in [0.717, 1.165) is 30.6 Å². The second kappa shape index (κ2) is 4.83. The number of hydrogen-bond donors (Lipinski definition) is 2. The highest BCUT2D eigenvalue weighted by atomic mass is 32.1. The Bertz CT molecular complexity index is 567. The third kappa shape index (κ3) is 2.12. The minimum atomic E-state index is -0.129. The van der Waals surface area contributed by atoms with Gasteiger partial charge in [0, 0.05) is 30.5 Å². The molecule has 3 heterocycles. The van der Waals surface area contributed by atoms with Crippen LogP contribution in [0.1, 0.15) is 21.5 Å². The largest absolute Gasteiger partial charge is 0.312 e. The summed E-state index contributed by atoms with van der Waals surface area (Å²) in [4.78, 5) is 20.4. The highest BCUT2D eigenvalue weighted by Gasteiger charge is 2.18. The molecule has 2 aromatic rings. The van der Waals surface area contributed by atoms with E-state index < -0.39 is 0 Å². The summed E-state index contributed by atoms with van der Waals surface area (Å²) in [7, 11) is 0. The summed E-state index contributed by atoms with van der Waals surface area (Å²) in [5.41, 5.74) is 2.86. The Morgan fingerprint density at radius 3 is 3.22 bits per heavy atom. The van der Waals surface area contributed by atoms with Crippen LogP contribution >= 0.6 is 11.3 Å². The SMILES string of the molecule is O=C(Nc1nccs1)c1cncc2c1CCNC2. The molecule has 1 amide bonds. The van der Waals surface area contributed by atoms with Gasteiger partial charge in [0.05, 0.1) is 5.56 Å². The molecule has 0 radical (unpaired) electrons. The van der Waals surface area contributed by atoms with Crippen LogP contribution in [0.2, 0.25) is 0 Å². The molecule has 1 aliphatic rings. The van der Waals surface area contributed by atoms with Gasteiger partial charge in [-0.25, -0.2) is 4.98 Å². The number of carbonyl (C=O) groups excluding carboxylic acids is 1. The van der Waals surface area contributed by atoms with Crippen LogP contribution in [0, 0.1) is 0 Å². The molecule has 5 nitrogen and oxygen atoms in total. The van der Waals surface area contributed by atoms with E-state index in [1.807, 2.05) is 11.6 Å². The third-order valence-electron chi connectivity index (χ3n) is 2.91. The molecule has 0 aromatic carbocycles. The fourth-order valence-electron chi connectivity index (χ4n) is 2.06. The van der Waals surface area contributed by atoms with E-state index in [1.165, 1.54) is 11.3 Å². The van der Waals surface area contributed by atoms with E-state index >= 15 is 0 Å². The molecule has 0 atom stereocenters. The van der Waals surface area contributed by atoms with E-state index in [2.05, 4.69) is 20.6 Å². The number of hydrogen-bond acceptors (Lipinski definition) is 5. The van der Waals surface area contributed by atoms with Gasteiger partial charge in [-0.2, -0.15) is 0 Å². The summed E-state index contributed by atoms with van der Waals surface area (Å²) in [6.07, 6.45) is 5.98. The number of nitrogens with zero attached hydrogens (tertiary/aromatic N) is 2. The molecule has 18 heavy (non-hydrogen) atoms. The summed E-state index contributed by atoms with van der Waals surface area (Å²) in [6.45, 7) is 1.68. The van der Waals surface area contributed by atoms with Crippen molar-refractivity contribution in [1.82, 2.24) is 15.3 Å². The van der Waals surface area contributed by atoms with Crippen molar-refractivity contribution < 1.29 is 4.79 Å². The van der Waals surface area contributed by atoms with Crippen molar-refractivity contribution in [2.24, 2.45) is 0 Å². The predicted molar refractivity (Wildman–Crippen MR) is 69.7 cm³/mol. The molecule has 0 saturated heterocycles. The van der Waals surface area contributed by atoms with Crippen LogP contribution in [0.5, 0.6) is 0 Å². The zero-order chi connectivity index (χ0) is 12.4. The van der Waals surface area contributed by atoms with Crippen molar-refractivity contribution in [3.63, 3.8) is 0 Å². The van der Waals surface area contributed by atoms with Crippen LogP contribution in [0.25, 0.3) is 0 Å². The Labute approximate surface area is 108 Å². The Morgan fingerprint density at radius 2 is 2.39 bits per heavy atom. The average molecular weight is 260 g/mol. The zero-order valence-corrected chi connectivity index (χ0v) is 10.5. The van der Waals surface area contributed by atoms with Crippen LogP contribution < -0.4 is 10.6 Å². The number of pyridine rings is 1. The number of anilines is 1. The second-order valence-electron chi connectivity index (χ2n) is 4.04. The molecule has 6 heteroatoms. The first-order chi connectivity index (χ1) is 8.84. The lowest BCUT2D eigenvalue weighted by atomic mass is 9.98. The topological polar surface area (TPSA) is 66.9 Å². The van der Waals surface area contributed by atoms with Crippen molar-refractivity contribution in [2.45, 2.75) is 13.0 Å². The number of amides is 1. The predicted octanol–water partition coefficient (Wildman–Crippen LogP) is 1.44. The maximum Gasteiger partial charge on any atom is 0.259 e. The van der Waals surface area contributed by atoms with Crippen LogP contribution in [0.4, 0.5) is 5.13 Å². The fourth-order valence-corrected chi connectivity index (χ4v) is 2.58. The Balaban J connectivity index is 1.89. The molecular weight excluding hydrogens is 248 g/mol. The van der Waals surface area contributed by atoms with Crippen LogP contribution in [0.3, 0.4) is 0 Å². The van der Waals surface area contributed by atoms with Crippen LogP contribution in [-0.4, -0.2) is 22.4 Å². The number of rotatable bonds is 2. The summed E-state index contributed by atoms with van der Waals surface area (Å²) >= 11 is 1.41. The molecule has 1 aliphatic heterocycles. The Kier molecular flexibility index (Phi) is 3.04. The number of aromatic nitrogens is 2. The molecule has 92 valence electrons. The Morgan fingerprint density at radius 1 is 1.44 bits per heavy atom. The first-order valence-corrected chi connectivity index (χ1v) is 6.60. The van der Waals surface area contributed by atoms with E-state index in [9.17, 15) is 4.79 Å². The number of fused-ring (bicyclic) bond motifs is 1. The highest BCUT2D eigenvalue weighted by molar-refractivity contribution is 7.13. The lowest BCUT2D eigenvalue weighted by Gasteiger charge is -2.18. The Hall–Kier alpha value is -1.79. The van der Waals surface area contributed by atoms with Gasteiger partial charge in [0.25, 0.3) is 5.91 Å². The first kappa shape index (κ1) is 11.3. The van der Waals surface area contributed by atoms with Crippen molar-refractivity contribution >= 4 is 22.4 Å². The van der Waals surface area contributed by atoms with Gasteiger partial charge < -0.3 is 5.32 Å². The monoisotopic (exact) mass is 260 g/mol. The standard InChI is InChI=1S/C12H12N4OS/c17-11(16-12-15-3-4-18-12)10-7-14-6-8-5-13-2-1-9(8)10/h3-4,6-7,13H,1-2,5H2,(H,15,16,17). The summed E-state index contributed by atoms with van der Waals surface area (Å²) in [5, 5.41) is 8.52. The molecule has 0 unspecified atom stereocenters. The summed E-state index contributed by atoms with van der Waals surface area (Å²) < 4.78 is 0. The van der Waals surface area contributed by atoms with Gasteiger partial charge in [0.1, 0.15) is 0 Å². The normalized spacial score (nSPS) is 14.0. The lowest BCUT2D eigenvalue weighted by molar-refractivity contribution is 0.102. The minimum absolute atomic E-state index is 0.129. The molecule has 2 N–H and O–H groups in total. The maximum atomic E-state index is 12.2. The summed E-state index contributed by atoms with van der Waals surface area (Å²) in [5.74, 6) is -0.129. The van der Waals surface area contributed by atoms with Gasteiger partial charge in [0.15, 0.2) is 5.13 Å². The minimum Gasteiger partial charge on any atom is -0.312 e. The molecular formula is C12H12N4OS. The smallest absolute Gasteiger partial charge is 0.259 e. The van der Waals surface area contributed by atoms with Gasteiger partial charge in [-0.3, -0.25) is 15.1 Å². The second-order valence-corrected chi connectivity index (χ2v) is 4.94. The molecule has 0 saturated carbocycles. The van der Waals surface area contributed by atoms with Gasteiger partial charge in [-0.05, 0) is 24.1 Å². The van der Waals surface area contributed by atoms with Gasteiger partial charge in [-0.15, -0.1) is 11.3 Å². The van der Waals surface area contributed by atoms with E-state index in [0.29, 0.717) is 10.7 Å². The van der Waals surface area contributed by atoms with Crippen molar-refractivity contribution in [1.29, 1.82) is 0 Å². The molecule has 0 spiro atoms. The molecule has 2 aromatic heterocycles. The van der Waals surface area contributed by atoms with Gasteiger partial charge in [-0.1, -0.05) is 0 Å². The van der Waals surface area contributed by atoms with Crippen LogP contribution in [-0.2, 0) is 13.0 Å². The zero-order valence-electron chi connectivity index (χ0n) is 9.64. The van der Waals surface area contributed by atoms with E-state index in [4.69, 9.17) is 0 Å². The highest BCUT2D eigenvalue weighted by Crippen LogP contribution is 2.19. The third-order valence-corrected chi connectivity index (χ3v) is 3.60. The van der Waals surface area contributed by atoms with Gasteiger partial charge in [0.2, 0.25) is 0 Å². The number of nitrogens with one attached hydrogen (secondary N) is 2. The molecule has 3 rings (SSSR count). The van der Waals surface area contributed by atoms with Crippen molar-refractivity contribution in [3.05, 3.63) is 40.7 Å². The van der Waals surface area contributed by atoms with Crippen LogP contribution in [0.15, 0.2) is 24.0 Å². The molecule has 0 aliphatic carbocycles. The first-order valence-electron chi connectivity index (χ1n) is 5.72. The van der Waals surface area contributed by atoms with E-state index in [-0.39, 0.29) is 5.91 Å². The fraction of sp³-hybridized carbons (Fsp3) is 0.250. The number of thiazole rings is 1. The molecule has 0 bridgehead atoms. The average Bonchev–Trinajstić information content (AvgIpc) is 2.91. The molecule has 0 fully saturated rings. The van der Waals surface area contributed by atoms with Gasteiger partial charge >= 0.3 is 0 Å². The van der Waals surface area contributed by atoms with Crippen molar-refractivity contribution in [2.75, 3.05) is 11.9 Å². The van der Waals surface area contributed by atoms with Crippen molar-refractivity contribution in [3.8, 4) is 0 Å².